The molecule has 0 aromatic heterocycles. The fourth-order valence-corrected chi connectivity index (χ4v) is 10.8. The summed E-state index contributed by atoms with van der Waals surface area (Å²) in [6, 6.07) is 76.4. The molecule has 3 heteroatoms. The van der Waals surface area contributed by atoms with E-state index in [2.05, 4.69) is 229 Å². The molecule has 64 heavy (non-hydrogen) atoms. The predicted molar refractivity (Wildman–Crippen MR) is 261 cm³/mol. The van der Waals surface area contributed by atoms with Crippen molar-refractivity contribution in [2.45, 2.75) is 18.3 Å². The van der Waals surface area contributed by atoms with Crippen LogP contribution < -0.4 is 14.4 Å². The van der Waals surface area contributed by atoms with Gasteiger partial charge in [-0.2, -0.15) is 0 Å². The Morgan fingerprint density at radius 2 is 0.875 bits per heavy atom. The third kappa shape index (κ3) is 5.54. The van der Waals surface area contributed by atoms with E-state index in [-0.39, 0.29) is 0 Å². The number of anilines is 3. The Kier molecular flexibility index (Phi) is 8.26. The number of rotatable bonds is 6. The monoisotopic (exact) mass is 819 g/mol. The van der Waals surface area contributed by atoms with Gasteiger partial charge < -0.3 is 14.4 Å². The second-order valence-electron chi connectivity index (χ2n) is 17.1. The van der Waals surface area contributed by atoms with Gasteiger partial charge in [-0.1, -0.05) is 176 Å². The Hall–Kier alpha value is -8.14. The summed E-state index contributed by atoms with van der Waals surface area (Å²) in [5.74, 6) is 2.84. The molecule has 9 aromatic rings. The van der Waals surface area contributed by atoms with Crippen LogP contribution in [0.4, 0.5) is 17.1 Å². The van der Waals surface area contributed by atoms with Crippen molar-refractivity contribution >= 4 is 28.2 Å². The molecule has 0 bridgehead atoms. The first-order valence-electron chi connectivity index (χ1n) is 22.2. The predicted octanol–water partition coefficient (Wildman–Crippen LogP) is 16.3. The average molecular weight is 820 g/mol. The average Bonchev–Trinajstić information content (AvgIpc) is 3.84. The molecule has 1 spiro atoms. The highest BCUT2D eigenvalue weighted by Crippen LogP contribution is 2.66. The summed E-state index contributed by atoms with van der Waals surface area (Å²) in [7, 11) is 0. The van der Waals surface area contributed by atoms with E-state index < -0.39 is 5.41 Å². The lowest BCUT2D eigenvalue weighted by molar-refractivity contribution is 0.360. The van der Waals surface area contributed by atoms with Gasteiger partial charge in [0, 0.05) is 23.0 Å². The highest BCUT2D eigenvalue weighted by atomic mass is 16.6. The minimum absolute atomic E-state index is 0.457. The number of hydrogen-bond acceptors (Lipinski definition) is 3. The first kappa shape index (κ1) is 36.5. The molecule has 0 atom stereocenters. The molecule has 1 aliphatic heterocycles. The molecule has 0 fully saturated rings. The third-order valence-corrected chi connectivity index (χ3v) is 13.7. The van der Waals surface area contributed by atoms with Crippen LogP contribution in [-0.4, -0.2) is 0 Å². The highest BCUT2D eigenvalue weighted by molar-refractivity contribution is 5.98. The summed E-state index contributed by atoms with van der Waals surface area (Å²) < 4.78 is 14.0. The quantitative estimate of drug-likeness (QED) is 0.167. The van der Waals surface area contributed by atoms with Gasteiger partial charge in [-0.25, -0.2) is 0 Å². The van der Waals surface area contributed by atoms with Gasteiger partial charge in [0.2, 0.25) is 0 Å². The molecule has 0 unspecified atom stereocenters. The Morgan fingerprint density at radius 3 is 1.56 bits per heavy atom. The number of fused-ring (bicyclic) bond motifs is 13. The molecule has 9 aromatic carbocycles. The Bertz CT molecular complexity index is 3340. The Labute approximate surface area is 373 Å². The van der Waals surface area contributed by atoms with Crippen LogP contribution in [0.1, 0.15) is 46.2 Å². The van der Waals surface area contributed by atoms with Crippen LogP contribution in [0.3, 0.4) is 0 Å². The maximum Gasteiger partial charge on any atom is 0.178 e. The summed E-state index contributed by atoms with van der Waals surface area (Å²) in [5.41, 5.74) is 20.1. The maximum atomic E-state index is 7.05. The van der Waals surface area contributed by atoms with Crippen molar-refractivity contribution < 1.29 is 9.47 Å². The Morgan fingerprint density at radius 1 is 0.344 bits per heavy atom. The maximum absolute atomic E-state index is 7.05. The summed E-state index contributed by atoms with van der Waals surface area (Å²) in [5, 5.41) is 0. The number of hydrogen-bond donors (Lipinski definition) is 0. The fourth-order valence-electron chi connectivity index (χ4n) is 10.8. The van der Waals surface area contributed by atoms with E-state index in [1.54, 1.807) is 0 Å². The molecule has 3 aliphatic carbocycles. The molecule has 1 heterocycles. The number of benzene rings is 9. The van der Waals surface area contributed by atoms with Crippen LogP contribution in [-0.2, 0) is 5.41 Å². The number of allylic oxidation sites excluding steroid dienone is 4. The first-order valence-corrected chi connectivity index (χ1v) is 22.2. The second kappa shape index (κ2) is 14.5. The van der Waals surface area contributed by atoms with Crippen LogP contribution >= 0.6 is 0 Å². The van der Waals surface area contributed by atoms with Gasteiger partial charge in [0.25, 0.3) is 0 Å². The van der Waals surface area contributed by atoms with E-state index in [0.29, 0.717) is 17.2 Å². The van der Waals surface area contributed by atoms with E-state index in [0.717, 1.165) is 41.2 Å². The van der Waals surface area contributed by atoms with Crippen molar-refractivity contribution in [2.75, 3.05) is 4.90 Å². The molecule has 0 saturated carbocycles. The minimum atomic E-state index is -0.457. The van der Waals surface area contributed by atoms with Crippen molar-refractivity contribution in [3.63, 3.8) is 0 Å². The van der Waals surface area contributed by atoms with Gasteiger partial charge in [0.05, 0.1) is 11.1 Å². The summed E-state index contributed by atoms with van der Waals surface area (Å²) in [4.78, 5) is 2.32. The van der Waals surface area contributed by atoms with Crippen molar-refractivity contribution in [3.05, 3.63) is 258 Å². The van der Waals surface area contributed by atoms with E-state index in [9.17, 15) is 0 Å². The van der Waals surface area contributed by atoms with Gasteiger partial charge in [-0.15, -0.1) is 0 Å². The topological polar surface area (TPSA) is 21.7 Å². The van der Waals surface area contributed by atoms with E-state index in [1.807, 2.05) is 0 Å². The second-order valence-corrected chi connectivity index (χ2v) is 17.1. The molecule has 13 rings (SSSR count). The van der Waals surface area contributed by atoms with Crippen molar-refractivity contribution in [3.8, 4) is 56.4 Å². The lowest BCUT2D eigenvalue weighted by Gasteiger charge is -2.31. The standard InChI is InChI=1S/C61H41NO2/c1-3-14-40(15-4-1)42-26-28-44(29-27-42)45-18-13-19-47(38-45)62(46-32-30-43(31-33-46)41-16-5-2-6-17-41)48-34-36-56-58(39-48)63-57-37-35-55-59(60(57)64-56)51-22-9-12-25-54(51)61(55)52-23-10-7-20-49(52)50-21-8-11-24-53(50)61/h1-26,28,30-39H,27,29H2. The van der Waals surface area contributed by atoms with E-state index in [1.165, 1.54) is 72.3 Å². The molecule has 4 aliphatic rings. The molecule has 0 amide bonds. The molecule has 0 N–H and O–H groups in total. The normalized spacial score (nSPS) is 14.4. The summed E-state index contributed by atoms with van der Waals surface area (Å²) in [6.07, 6.45) is 6.57. The summed E-state index contributed by atoms with van der Waals surface area (Å²) >= 11 is 0. The largest absolute Gasteiger partial charge is 0.449 e. The lowest BCUT2D eigenvalue weighted by atomic mass is 9.70. The van der Waals surface area contributed by atoms with Gasteiger partial charge >= 0.3 is 0 Å². The van der Waals surface area contributed by atoms with Gasteiger partial charge in [-0.3, -0.25) is 0 Å². The third-order valence-electron chi connectivity index (χ3n) is 13.7. The SMILES string of the molecule is C1=C(c2ccccc2)CCC(c2cccc(N(c3ccc(-c4ccccc4)cc3)c3ccc4c(c3)Oc3ccc5c(c3O4)-c3ccccc3C53c4ccccc4-c4ccccc43)c2)=C1. The molecule has 0 saturated heterocycles. The van der Waals surface area contributed by atoms with Crippen LogP contribution in [0.25, 0.3) is 44.5 Å². The van der Waals surface area contributed by atoms with Crippen LogP contribution in [0.5, 0.6) is 23.0 Å². The molecular weight excluding hydrogens is 779 g/mol. The lowest BCUT2D eigenvalue weighted by Crippen LogP contribution is -2.25. The molecule has 0 radical (unpaired) electrons. The number of ether oxygens (including phenoxy) is 2. The van der Waals surface area contributed by atoms with Crippen molar-refractivity contribution in [1.82, 2.24) is 0 Å². The zero-order chi connectivity index (χ0) is 42.2. The molecule has 302 valence electrons. The Balaban J connectivity index is 0.903. The summed E-state index contributed by atoms with van der Waals surface area (Å²) in [6.45, 7) is 0. The van der Waals surface area contributed by atoms with Gasteiger partial charge in [0.15, 0.2) is 23.0 Å². The van der Waals surface area contributed by atoms with Gasteiger partial charge in [0.1, 0.15) is 0 Å². The van der Waals surface area contributed by atoms with Crippen LogP contribution in [0, 0.1) is 0 Å². The highest BCUT2D eigenvalue weighted by Gasteiger charge is 2.53. The smallest absolute Gasteiger partial charge is 0.178 e. The minimum Gasteiger partial charge on any atom is -0.449 e. The zero-order valence-electron chi connectivity index (χ0n) is 35.0. The van der Waals surface area contributed by atoms with E-state index in [4.69, 9.17) is 9.47 Å². The van der Waals surface area contributed by atoms with E-state index >= 15 is 0 Å². The molecule has 3 nitrogen and oxygen atoms in total. The zero-order valence-corrected chi connectivity index (χ0v) is 35.0. The van der Waals surface area contributed by atoms with Crippen LogP contribution in [0.2, 0.25) is 0 Å². The number of nitrogens with zero attached hydrogens (tertiary/aromatic N) is 1. The van der Waals surface area contributed by atoms with Gasteiger partial charge in [-0.05, 0) is 128 Å². The van der Waals surface area contributed by atoms with Crippen LogP contribution in [0.15, 0.2) is 224 Å². The first-order chi connectivity index (χ1) is 31.7. The van der Waals surface area contributed by atoms with Crippen molar-refractivity contribution in [2.24, 2.45) is 0 Å². The molecular formula is C61H41NO2. The van der Waals surface area contributed by atoms with Crippen molar-refractivity contribution in [1.29, 1.82) is 0 Å². The fraction of sp³-hybridized carbons (Fsp3) is 0.0492.